The zero-order chi connectivity index (χ0) is 31.0. The van der Waals surface area contributed by atoms with E-state index in [1.54, 1.807) is 74.7 Å². The number of carbonyl (C=O) groups is 4. The van der Waals surface area contributed by atoms with E-state index in [9.17, 15) is 24.0 Å². The number of fused-ring (bicyclic) bond motifs is 2. The molecule has 3 heterocycles. The van der Waals surface area contributed by atoms with Gasteiger partial charge in [0.25, 0.3) is 0 Å². The highest BCUT2D eigenvalue weighted by atomic mass is 32.2. The van der Waals surface area contributed by atoms with Crippen LogP contribution in [0.3, 0.4) is 0 Å². The number of imide groups is 1. The fourth-order valence-corrected chi connectivity index (χ4v) is 8.28. The molecule has 10 nitrogen and oxygen atoms in total. The topological polar surface area (TPSA) is 124 Å². The first-order valence-corrected chi connectivity index (χ1v) is 15.5. The minimum absolute atomic E-state index is 0.250. The molecule has 12 heteroatoms. The number of rotatable bonds is 8. The molecule has 3 amide bonds. The van der Waals surface area contributed by atoms with Crippen LogP contribution in [-0.2, 0) is 25.7 Å². The van der Waals surface area contributed by atoms with Gasteiger partial charge in [-0.2, -0.15) is 0 Å². The lowest BCUT2D eigenvalue weighted by molar-refractivity contribution is -0.122. The van der Waals surface area contributed by atoms with Crippen molar-refractivity contribution in [3.8, 4) is 5.75 Å². The van der Waals surface area contributed by atoms with Gasteiger partial charge in [0.05, 0.1) is 35.9 Å². The quantitative estimate of drug-likeness (QED) is 0.223. The van der Waals surface area contributed by atoms with Gasteiger partial charge in [-0.3, -0.25) is 23.7 Å². The van der Waals surface area contributed by atoms with E-state index < -0.39 is 29.0 Å². The van der Waals surface area contributed by atoms with Crippen LogP contribution in [0, 0.1) is 5.92 Å². The summed E-state index contributed by atoms with van der Waals surface area (Å²) in [4.78, 5) is 67.7. The average Bonchev–Trinajstić information content (AvgIpc) is 3.48. The van der Waals surface area contributed by atoms with Crippen molar-refractivity contribution in [2.24, 2.45) is 5.92 Å². The lowest BCUT2D eigenvalue weighted by atomic mass is 9.83. The number of nitrogens with one attached hydrogen (secondary N) is 1. The molecule has 0 saturated carbocycles. The minimum atomic E-state index is -0.791. The summed E-state index contributed by atoms with van der Waals surface area (Å²) in [6.07, 6.45) is 0. The number of carbonyl (C=O) groups excluding carboxylic acids is 4. The van der Waals surface area contributed by atoms with Crippen LogP contribution in [0.4, 0.5) is 11.4 Å². The zero-order valence-electron chi connectivity index (χ0n) is 23.7. The van der Waals surface area contributed by atoms with Gasteiger partial charge >= 0.3 is 10.8 Å². The number of hydrogen-bond donors (Lipinski definition) is 1. The molecule has 3 aromatic carbocycles. The number of thioether (sulfide) groups is 1. The van der Waals surface area contributed by atoms with Gasteiger partial charge in [-0.15, -0.1) is 0 Å². The van der Waals surface area contributed by atoms with Crippen LogP contribution in [0.15, 0.2) is 88.7 Å². The van der Waals surface area contributed by atoms with Gasteiger partial charge in [0.2, 0.25) is 17.7 Å². The molecule has 1 fully saturated rings. The van der Waals surface area contributed by atoms with Crippen molar-refractivity contribution >= 4 is 58.2 Å². The first-order valence-electron chi connectivity index (χ1n) is 13.8. The fraction of sp³-hybridized carbons (Fsp3) is 0.219. The number of thiazole rings is 1. The zero-order valence-corrected chi connectivity index (χ0v) is 25.4. The van der Waals surface area contributed by atoms with Crippen molar-refractivity contribution in [3.63, 3.8) is 0 Å². The molecular weight excluding hydrogens is 603 g/mol. The van der Waals surface area contributed by atoms with Crippen molar-refractivity contribution in [2.75, 3.05) is 23.9 Å². The Balaban J connectivity index is 1.33. The average molecular weight is 630 g/mol. The van der Waals surface area contributed by atoms with Gasteiger partial charge in [0.15, 0.2) is 0 Å². The third-order valence-electron chi connectivity index (χ3n) is 7.52. The Morgan fingerprint density at radius 1 is 0.909 bits per heavy atom. The predicted molar refractivity (Wildman–Crippen MR) is 167 cm³/mol. The highest BCUT2D eigenvalue weighted by molar-refractivity contribution is 8.00. The maximum absolute atomic E-state index is 13.9. The summed E-state index contributed by atoms with van der Waals surface area (Å²) < 4.78 is 11.7. The Bertz CT molecular complexity index is 1800. The van der Waals surface area contributed by atoms with E-state index in [0.717, 1.165) is 28.7 Å². The number of nitrogens with zero attached hydrogens (tertiary/aromatic N) is 2. The molecule has 6 rings (SSSR count). The summed E-state index contributed by atoms with van der Waals surface area (Å²) in [5.41, 5.74) is 2.04. The molecule has 2 aliphatic heterocycles. The molecule has 1 aromatic heterocycles. The van der Waals surface area contributed by atoms with Crippen LogP contribution < -0.4 is 19.8 Å². The third kappa shape index (κ3) is 5.31. The van der Waals surface area contributed by atoms with Crippen LogP contribution in [-0.4, -0.2) is 47.2 Å². The summed E-state index contributed by atoms with van der Waals surface area (Å²) >= 11 is 2.13. The highest BCUT2D eigenvalue weighted by Crippen LogP contribution is 2.54. The second-order valence-electron chi connectivity index (χ2n) is 10.1. The van der Waals surface area contributed by atoms with E-state index in [2.05, 4.69) is 5.32 Å². The van der Waals surface area contributed by atoms with Crippen LogP contribution in [0.5, 0.6) is 5.75 Å². The van der Waals surface area contributed by atoms with E-state index in [4.69, 9.17) is 9.47 Å². The number of anilines is 2. The molecule has 2 aliphatic rings. The molecular formula is C32H27N3O7S2. The Kier molecular flexibility index (Phi) is 8.11. The number of aromatic nitrogens is 1. The SMILES string of the molecule is CCOC(=O)c1ccc(NC(=O)Cn2c3c(sc2=O)C(c2ccc(OC)cc2)C2C(=O)N(c4ccccc4)C(=O)C2S3)cc1. The molecule has 224 valence electrons. The van der Waals surface area contributed by atoms with E-state index in [1.165, 1.54) is 9.47 Å². The molecule has 1 saturated heterocycles. The summed E-state index contributed by atoms with van der Waals surface area (Å²) in [7, 11) is 1.56. The summed E-state index contributed by atoms with van der Waals surface area (Å²) in [6, 6.07) is 22.3. The minimum Gasteiger partial charge on any atom is -0.497 e. The molecule has 0 aliphatic carbocycles. The maximum atomic E-state index is 13.9. The van der Waals surface area contributed by atoms with Crippen molar-refractivity contribution in [3.05, 3.63) is 105 Å². The molecule has 0 radical (unpaired) electrons. The van der Waals surface area contributed by atoms with Crippen LogP contribution in [0.1, 0.15) is 33.6 Å². The molecule has 4 aromatic rings. The summed E-state index contributed by atoms with van der Waals surface area (Å²) in [5, 5.41) is 2.46. The van der Waals surface area contributed by atoms with E-state index in [1.807, 2.05) is 18.2 Å². The van der Waals surface area contributed by atoms with Crippen molar-refractivity contribution < 1.29 is 28.7 Å². The maximum Gasteiger partial charge on any atom is 0.338 e. The molecule has 0 bridgehead atoms. The van der Waals surface area contributed by atoms with Gasteiger partial charge < -0.3 is 14.8 Å². The molecule has 1 N–H and O–H groups in total. The van der Waals surface area contributed by atoms with Gasteiger partial charge in [-0.1, -0.05) is 53.4 Å². The first-order chi connectivity index (χ1) is 21.3. The Morgan fingerprint density at radius 3 is 2.27 bits per heavy atom. The standard InChI is InChI=1S/C32H27N3O7S2/c1-3-42-31(39)19-9-13-20(14-10-19)33-23(36)17-34-30-27(44-32(34)40)24(18-11-15-22(41-2)16-12-18)25-26(43-30)29(38)35(28(25)37)21-7-5-4-6-8-21/h4-16,24-26H,3,17H2,1-2H3,(H,33,36). The fourth-order valence-electron chi connectivity index (χ4n) is 5.51. The van der Waals surface area contributed by atoms with Gasteiger partial charge in [0.1, 0.15) is 17.5 Å². The molecule has 44 heavy (non-hydrogen) atoms. The first kappa shape index (κ1) is 29.4. The Morgan fingerprint density at radius 2 is 1.61 bits per heavy atom. The number of ether oxygens (including phenoxy) is 2. The second kappa shape index (κ2) is 12.1. The number of methoxy groups -OCH3 is 1. The van der Waals surface area contributed by atoms with Crippen LogP contribution >= 0.6 is 23.1 Å². The molecule has 3 unspecified atom stereocenters. The number of hydrogen-bond acceptors (Lipinski definition) is 9. The Hall–Kier alpha value is -4.68. The van der Waals surface area contributed by atoms with Crippen molar-refractivity contribution in [2.45, 2.75) is 29.7 Å². The number of amides is 3. The van der Waals surface area contributed by atoms with E-state index in [-0.39, 0.29) is 29.8 Å². The number of para-hydroxylation sites is 1. The largest absolute Gasteiger partial charge is 0.497 e. The van der Waals surface area contributed by atoms with Gasteiger partial charge in [-0.25, -0.2) is 9.69 Å². The molecule has 3 atom stereocenters. The van der Waals surface area contributed by atoms with Gasteiger partial charge in [-0.05, 0) is 61.0 Å². The van der Waals surface area contributed by atoms with Crippen molar-refractivity contribution in [1.29, 1.82) is 0 Å². The van der Waals surface area contributed by atoms with E-state index >= 15 is 0 Å². The van der Waals surface area contributed by atoms with E-state index in [0.29, 0.717) is 32.6 Å². The Labute approximate surface area is 260 Å². The van der Waals surface area contributed by atoms with Crippen LogP contribution in [0.2, 0.25) is 0 Å². The highest BCUT2D eigenvalue weighted by Gasteiger charge is 2.56. The third-order valence-corrected chi connectivity index (χ3v) is 10.1. The normalized spacial score (nSPS) is 18.9. The predicted octanol–water partition coefficient (Wildman–Crippen LogP) is 4.53. The van der Waals surface area contributed by atoms with Crippen molar-refractivity contribution in [1.82, 2.24) is 4.57 Å². The monoisotopic (exact) mass is 629 g/mol. The van der Waals surface area contributed by atoms with Gasteiger partial charge in [0, 0.05) is 16.5 Å². The molecule has 0 spiro atoms. The summed E-state index contributed by atoms with van der Waals surface area (Å²) in [6.45, 7) is 1.67. The lowest BCUT2D eigenvalue weighted by Crippen LogP contribution is -2.33. The smallest absolute Gasteiger partial charge is 0.338 e. The lowest BCUT2D eigenvalue weighted by Gasteiger charge is -2.30. The second-order valence-corrected chi connectivity index (χ2v) is 12.3. The summed E-state index contributed by atoms with van der Waals surface area (Å²) in [5.74, 6) is -2.31. The number of esters is 1. The van der Waals surface area contributed by atoms with Crippen LogP contribution in [0.25, 0.3) is 0 Å². The number of benzene rings is 3.